The molecule has 45 heavy (non-hydrogen) atoms. The molecule has 0 bridgehead atoms. The third-order valence-corrected chi connectivity index (χ3v) is 9.72. The Kier molecular flexibility index (Phi) is 10.5. The van der Waals surface area contributed by atoms with E-state index in [1.54, 1.807) is 0 Å². The minimum Gasteiger partial charge on any atom is -0.512 e. The minimum absolute atomic E-state index is 0. The molecule has 5 heteroatoms. The van der Waals surface area contributed by atoms with E-state index in [1.165, 1.54) is 33.5 Å². The number of pyridine rings is 1. The summed E-state index contributed by atoms with van der Waals surface area (Å²) in [7, 11) is 0. The standard InChI is InChI=1S/C27H22NO.C13H24O2.Ir/c1-14-6-8-17-11-19-21(12-18(17)10-14)27(4,5)20-9-7-15(2)25-22(20)23-24(19)28-13-16(3)26(23)29-25;1-5-10(6-2)12(14)9-13(15)11(7-3)8-4;/h6-10,12-13H,1-5H3;9-11,14H,5-8H2,1-4H3;/q-1;;/b;12-9-;. The van der Waals surface area contributed by atoms with Gasteiger partial charge in [0.2, 0.25) is 0 Å². The van der Waals surface area contributed by atoms with Crippen LogP contribution < -0.4 is 0 Å². The van der Waals surface area contributed by atoms with Gasteiger partial charge in [-0.2, -0.15) is 0 Å². The summed E-state index contributed by atoms with van der Waals surface area (Å²) in [6.45, 7) is 19.0. The molecule has 0 saturated heterocycles. The summed E-state index contributed by atoms with van der Waals surface area (Å²) in [6.07, 6.45) is 6.84. The van der Waals surface area contributed by atoms with Crippen molar-refractivity contribution in [3.63, 3.8) is 0 Å². The summed E-state index contributed by atoms with van der Waals surface area (Å²) in [4.78, 5) is 16.6. The fourth-order valence-corrected chi connectivity index (χ4v) is 6.78. The van der Waals surface area contributed by atoms with Crippen LogP contribution >= 0.6 is 0 Å². The first-order valence-electron chi connectivity index (χ1n) is 16.2. The molecular formula is C40H46IrNO3-. The topological polar surface area (TPSA) is 63.3 Å². The van der Waals surface area contributed by atoms with E-state index in [-0.39, 0.29) is 48.9 Å². The average Bonchev–Trinajstić information content (AvgIpc) is 3.38. The molecule has 1 radical (unpaired) electrons. The summed E-state index contributed by atoms with van der Waals surface area (Å²) in [5.74, 6) is 0.547. The van der Waals surface area contributed by atoms with Gasteiger partial charge in [-0.25, -0.2) is 0 Å². The van der Waals surface area contributed by atoms with E-state index in [4.69, 9.17) is 9.40 Å². The molecule has 4 nitrogen and oxygen atoms in total. The normalized spacial score (nSPS) is 13.6. The van der Waals surface area contributed by atoms with Crippen LogP contribution in [0.5, 0.6) is 0 Å². The van der Waals surface area contributed by atoms with Crippen LogP contribution in [0, 0.1) is 38.7 Å². The maximum absolute atomic E-state index is 11.7. The first kappa shape index (κ1) is 34.6. The van der Waals surface area contributed by atoms with Crippen LogP contribution in [-0.2, 0) is 30.3 Å². The van der Waals surface area contributed by atoms with E-state index < -0.39 is 0 Å². The number of carbonyl (C=O) groups is 1. The van der Waals surface area contributed by atoms with Crippen molar-refractivity contribution >= 4 is 38.5 Å². The predicted molar refractivity (Wildman–Crippen MR) is 183 cm³/mol. The molecule has 0 aliphatic heterocycles. The minimum atomic E-state index is -0.193. The third-order valence-electron chi connectivity index (χ3n) is 9.72. The van der Waals surface area contributed by atoms with Gasteiger partial charge < -0.3 is 9.52 Å². The monoisotopic (exact) mass is 781 g/mol. The van der Waals surface area contributed by atoms with Gasteiger partial charge in [-0.15, -0.1) is 23.6 Å². The number of aryl methyl sites for hydroxylation is 3. The molecular weight excluding hydrogens is 735 g/mol. The van der Waals surface area contributed by atoms with Gasteiger partial charge in [0.05, 0.1) is 5.76 Å². The number of nitrogens with zero attached hydrogens (tertiary/aromatic N) is 1. The van der Waals surface area contributed by atoms with E-state index in [0.717, 1.165) is 70.0 Å². The molecule has 5 aromatic rings. The molecule has 0 saturated carbocycles. The van der Waals surface area contributed by atoms with E-state index in [1.807, 2.05) is 33.9 Å². The number of ketones is 1. The van der Waals surface area contributed by atoms with Gasteiger partial charge in [0.1, 0.15) is 11.2 Å². The second kappa shape index (κ2) is 13.6. The summed E-state index contributed by atoms with van der Waals surface area (Å²) in [5.41, 5.74) is 9.88. The van der Waals surface area contributed by atoms with Gasteiger partial charge >= 0.3 is 0 Å². The second-order valence-corrected chi connectivity index (χ2v) is 13.0. The van der Waals surface area contributed by atoms with Gasteiger partial charge in [-0.05, 0) is 63.0 Å². The van der Waals surface area contributed by atoms with Crippen LogP contribution in [0.2, 0.25) is 0 Å². The first-order valence-corrected chi connectivity index (χ1v) is 16.2. The van der Waals surface area contributed by atoms with Gasteiger partial charge in [0.15, 0.2) is 5.78 Å². The van der Waals surface area contributed by atoms with Crippen LogP contribution in [0.15, 0.2) is 58.8 Å². The number of hydrogen-bond acceptors (Lipinski definition) is 4. The molecule has 2 aromatic heterocycles. The van der Waals surface area contributed by atoms with E-state index in [0.29, 0.717) is 0 Å². The summed E-state index contributed by atoms with van der Waals surface area (Å²) < 4.78 is 6.43. The zero-order valence-electron chi connectivity index (χ0n) is 28.1. The largest absolute Gasteiger partial charge is 0.512 e. The number of benzene rings is 3. The van der Waals surface area contributed by atoms with Crippen molar-refractivity contribution in [2.24, 2.45) is 11.8 Å². The smallest absolute Gasteiger partial charge is 0.162 e. The Morgan fingerprint density at radius 1 is 0.889 bits per heavy atom. The van der Waals surface area contributed by atoms with Crippen LogP contribution in [0.1, 0.15) is 95.0 Å². The van der Waals surface area contributed by atoms with Crippen LogP contribution in [0.4, 0.5) is 0 Å². The molecule has 0 fully saturated rings. The molecule has 3 aromatic carbocycles. The summed E-state index contributed by atoms with van der Waals surface area (Å²) >= 11 is 0. The molecule has 239 valence electrons. The number of allylic oxidation sites excluding steroid dienone is 2. The molecule has 1 aliphatic carbocycles. The van der Waals surface area contributed by atoms with Crippen LogP contribution in [0.3, 0.4) is 0 Å². The maximum Gasteiger partial charge on any atom is 0.162 e. The van der Waals surface area contributed by atoms with Crippen LogP contribution in [0.25, 0.3) is 44.0 Å². The van der Waals surface area contributed by atoms with E-state index >= 15 is 0 Å². The van der Waals surface area contributed by atoms with Gasteiger partial charge in [0.25, 0.3) is 0 Å². The quantitative estimate of drug-likeness (QED) is 0.101. The van der Waals surface area contributed by atoms with Crippen LogP contribution in [-0.4, -0.2) is 15.9 Å². The Morgan fingerprint density at radius 2 is 1.53 bits per heavy atom. The zero-order chi connectivity index (χ0) is 31.9. The van der Waals surface area contributed by atoms with E-state index in [2.05, 4.69) is 77.1 Å². The van der Waals surface area contributed by atoms with Crippen molar-refractivity contribution in [1.29, 1.82) is 0 Å². The molecule has 2 heterocycles. The SMILES string of the molecule is CCC(CC)C(=O)/C=C(\O)C(CC)CC.Cc1ccc2[c-]c3c(cc2c1)C(C)(C)c1ccc(C)c2oc4c(C)cnc-3c4c12.[Ir]. The summed E-state index contributed by atoms with van der Waals surface area (Å²) in [5, 5.41) is 14.5. The van der Waals surface area contributed by atoms with Gasteiger partial charge in [-0.1, -0.05) is 87.9 Å². The van der Waals surface area contributed by atoms with Crippen molar-refractivity contribution in [2.75, 3.05) is 0 Å². The van der Waals surface area contributed by atoms with Crippen molar-refractivity contribution < 1.29 is 34.4 Å². The van der Waals surface area contributed by atoms with Gasteiger partial charge in [0, 0.05) is 66.2 Å². The first-order chi connectivity index (χ1) is 21.0. The molecule has 0 unspecified atom stereocenters. The third kappa shape index (κ3) is 6.14. The fourth-order valence-electron chi connectivity index (χ4n) is 6.78. The number of rotatable bonds is 7. The fraction of sp³-hybridized carbons (Fsp3) is 0.400. The number of aliphatic hydroxyl groups is 1. The molecule has 6 rings (SSSR count). The number of furan rings is 1. The van der Waals surface area contributed by atoms with Gasteiger partial charge in [-0.3, -0.25) is 9.78 Å². The number of fused-ring (bicyclic) bond motifs is 3. The Bertz CT molecular complexity index is 1900. The maximum atomic E-state index is 11.7. The van der Waals surface area contributed by atoms with E-state index in [9.17, 15) is 9.90 Å². The average molecular weight is 781 g/mol. The molecule has 0 atom stereocenters. The Balaban J connectivity index is 0.000000249. The van der Waals surface area contributed by atoms with Crippen molar-refractivity contribution in [1.82, 2.24) is 4.98 Å². The van der Waals surface area contributed by atoms with Crippen molar-refractivity contribution in [2.45, 2.75) is 93.4 Å². The van der Waals surface area contributed by atoms with Crippen molar-refractivity contribution in [3.05, 3.63) is 88.3 Å². The Hall–Kier alpha value is -3.27. The molecule has 1 aliphatic rings. The number of carbonyl (C=O) groups excluding carboxylic acids is 1. The number of aromatic nitrogens is 1. The Labute approximate surface area is 281 Å². The summed E-state index contributed by atoms with van der Waals surface area (Å²) in [6, 6.07) is 17.1. The Morgan fingerprint density at radius 3 is 2.18 bits per heavy atom. The zero-order valence-corrected chi connectivity index (χ0v) is 30.5. The molecule has 0 amide bonds. The second-order valence-electron chi connectivity index (χ2n) is 13.0. The van der Waals surface area contributed by atoms with Crippen molar-refractivity contribution in [3.8, 4) is 11.3 Å². The number of aliphatic hydroxyl groups excluding tert-OH is 1. The number of hydrogen-bond donors (Lipinski definition) is 1. The molecule has 1 N–H and O–H groups in total. The molecule has 0 spiro atoms. The predicted octanol–water partition coefficient (Wildman–Crippen LogP) is 11.0.